The molecule has 1 atom stereocenters. The van der Waals surface area contributed by atoms with Gasteiger partial charge in [0.15, 0.2) is 0 Å². The van der Waals surface area contributed by atoms with E-state index in [1.807, 2.05) is 25.1 Å². The lowest BCUT2D eigenvalue weighted by molar-refractivity contribution is 0.0934. The Morgan fingerprint density at radius 3 is 2.58 bits per heavy atom. The highest BCUT2D eigenvalue weighted by Gasteiger charge is 2.20. The minimum Gasteiger partial charge on any atom is -0.495 e. The van der Waals surface area contributed by atoms with Crippen LogP contribution in [-0.2, 0) is 4.74 Å². The van der Waals surface area contributed by atoms with Crippen molar-refractivity contribution < 1.29 is 14.3 Å². The van der Waals surface area contributed by atoms with Gasteiger partial charge < -0.3 is 25.0 Å². The molecule has 2 aromatic heterocycles. The lowest BCUT2D eigenvalue weighted by atomic mass is 10.2. The molecule has 0 bridgehead atoms. The molecular formula is C23H25ClN6O3. The number of hydrogen-bond donors (Lipinski definition) is 2. The third-order valence-corrected chi connectivity index (χ3v) is 5.39. The maximum absolute atomic E-state index is 12.7. The van der Waals surface area contributed by atoms with E-state index in [1.54, 1.807) is 31.4 Å². The smallest absolute Gasteiger partial charge is 0.270 e. The molecule has 0 unspecified atom stereocenters. The monoisotopic (exact) mass is 468 g/mol. The average Bonchev–Trinajstić information content (AvgIpc) is 2.86. The fourth-order valence-corrected chi connectivity index (χ4v) is 3.43. The number of benzene rings is 1. The first-order valence-corrected chi connectivity index (χ1v) is 10.9. The summed E-state index contributed by atoms with van der Waals surface area (Å²) >= 11 is 6.00. The third-order valence-electron chi connectivity index (χ3n) is 5.14. The van der Waals surface area contributed by atoms with Gasteiger partial charge in [-0.05, 0) is 43.3 Å². The van der Waals surface area contributed by atoms with Crippen molar-refractivity contribution in [2.45, 2.75) is 13.0 Å². The summed E-state index contributed by atoms with van der Waals surface area (Å²) in [5, 5.41) is 6.91. The largest absolute Gasteiger partial charge is 0.495 e. The fourth-order valence-electron chi connectivity index (χ4n) is 3.30. The van der Waals surface area contributed by atoms with Crippen LogP contribution in [0.25, 0.3) is 0 Å². The minimum atomic E-state index is -0.380. The molecule has 0 radical (unpaired) electrons. The Labute approximate surface area is 197 Å². The van der Waals surface area contributed by atoms with Gasteiger partial charge in [-0.3, -0.25) is 4.79 Å². The number of nitrogens with one attached hydrogen (secondary N) is 2. The summed E-state index contributed by atoms with van der Waals surface area (Å²) in [7, 11) is 1.55. The zero-order valence-electron chi connectivity index (χ0n) is 18.4. The molecular weight excluding hydrogens is 444 g/mol. The molecule has 2 N–H and O–H groups in total. The molecule has 172 valence electrons. The van der Waals surface area contributed by atoms with Crippen molar-refractivity contribution in [2.75, 3.05) is 43.6 Å². The molecule has 1 aliphatic heterocycles. The molecule has 3 heterocycles. The average molecular weight is 469 g/mol. The van der Waals surface area contributed by atoms with Crippen molar-refractivity contribution in [1.29, 1.82) is 0 Å². The second-order valence-corrected chi connectivity index (χ2v) is 7.92. The molecule has 1 aliphatic rings. The number of carbonyl (C=O) groups excluding carboxylic acids is 1. The summed E-state index contributed by atoms with van der Waals surface area (Å²) < 4.78 is 10.6. The molecule has 4 rings (SSSR count). The first-order chi connectivity index (χ1) is 16.0. The van der Waals surface area contributed by atoms with E-state index >= 15 is 0 Å². The number of nitrogens with zero attached hydrogens (tertiary/aromatic N) is 4. The van der Waals surface area contributed by atoms with E-state index in [4.69, 9.17) is 26.1 Å². The lowest BCUT2D eigenvalue weighted by Gasteiger charge is -2.28. The summed E-state index contributed by atoms with van der Waals surface area (Å²) in [4.78, 5) is 28.4. The number of aromatic nitrogens is 3. The van der Waals surface area contributed by atoms with Crippen LogP contribution in [0.5, 0.6) is 5.75 Å². The third kappa shape index (κ3) is 5.88. The lowest BCUT2D eigenvalue weighted by Crippen LogP contribution is -2.38. The Morgan fingerprint density at radius 1 is 1.15 bits per heavy atom. The summed E-state index contributed by atoms with van der Waals surface area (Å²) in [6.45, 7) is 4.49. The van der Waals surface area contributed by atoms with E-state index in [2.05, 4.69) is 25.5 Å². The molecule has 1 amide bonds. The molecule has 0 spiro atoms. The van der Waals surface area contributed by atoms with Crippen molar-refractivity contribution in [3.63, 3.8) is 0 Å². The van der Waals surface area contributed by atoms with Crippen LogP contribution in [0.1, 0.15) is 29.1 Å². The van der Waals surface area contributed by atoms with Gasteiger partial charge in [0.05, 0.1) is 38.3 Å². The van der Waals surface area contributed by atoms with Crippen LogP contribution in [0.4, 0.5) is 17.5 Å². The van der Waals surface area contributed by atoms with Gasteiger partial charge in [0.25, 0.3) is 5.91 Å². The molecule has 0 saturated carbocycles. The van der Waals surface area contributed by atoms with E-state index in [0.29, 0.717) is 60.2 Å². The number of anilines is 3. The second kappa shape index (κ2) is 10.5. The first-order valence-electron chi connectivity index (χ1n) is 10.6. The molecule has 0 aliphatic carbocycles. The number of pyridine rings is 1. The number of halogens is 1. The Balaban J connectivity index is 1.57. The standard InChI is InChI=1S/C23H25ClN6O3/c1-15(26-22(31)19-8-7-18(32-2)14-25-19)20-13-21(27-17-5-3-16(24)4-6-17)29-23(28-20)30-9-11-33-12-10-30/h3-8,13-15H,9-12H2,1-2H3,(H,26,31)(H,27,28,29)/t15-/m0/s1. The van der Waals surface area contributed by atoms with Gasteiger partial charge in [0, 0.05) is 29.9 Å². The Kier molecular flexibility index (Phi) is 7.21. The molecule has 10 heteroatoms. The minimum absolute atomic E-state index is 0.296. The molecule has 33 heavy (non-hydrogen) atoms. The van der Waals surface area contributed by atoms with E-state index in [1.165, 1.54) is 6.20 Å². The van der Waals surface area contributed by atoms with E-state index in [-0.39, 0.29) is 11.9 Å². The van der Waals surface area contributed by atoms with Crippen molar-refractivity contribution in [2.24, 2.45) is 0 Å². The van der Waals surface area contributed by atoms with Crippen LogP contribution in [0.15, 0.2) is 48.7 Å². The molecule has 9 nitrogen and oxygen atoms in total. The fraction of sp³-hybridized carbons (Fsp3) is 0.304. The van der Waals surface area contributed by atoms with Crippen LogP contribution in [-0.4, -0.2) is 54.3 Å². The number of amides is 1. The van der Waals surface area contributed by atoms with Crippen molar-refractivity contribution in [1.82, 2.24) is 20.3 Å². The number of hydrogen-bond acceptors (Lipinski definition) is 8. The van der Waals surface area contributed by atoms with Crippen molar-refractivity contribution >= 4 is 35.0 Å². The predicted octanol–water partition coefficient (Wildman–Crippen LogP) is 3.60. The van der Waals surface area contributed by atoms with Crippen molar-refractivity contribution in [3.8, 4) is 5.75 Å². The zero-order chi connectivity index (χ0) is 23.2. The number of methoxy groups -OCH3 is 1. The summed E-state index contributed by atoms with van der Waals surface area (Å²) in [5.74, 6) is 1.48. The van der Waals surface area contributed by atoms with Crippen LogP contribution in [0.2, 0.25) is 5.02 Å². The maximum Gasteiger partial charge on any atom is 0.270 e. The molecule has 1 saturated heterocycles. The number of carbonyl (C=O) groups is 1. The van der Waals surface area contributed by atoms with Gasteiger partial charge >= 0.3 is 0 Å². The zero-order valence-corrected chi connectivity index (χ0v) is 19.2. The second-order valence-electron chi connectivity index (χ2n) is 7.49. The van der Waals surface area contributed by atoms with Gasteiger partial charge in [-0.15, -0.1) is 0 Å². The quantitative estimate of drug-likeness (QED) is 0.542. The maximum atomic E-state index is 12.7. The number of morpholine rings is 1. The predicted molar refractivity (Wildman–Crippen MR) is 126 cm³/mol. The highest BCUT2D eigenvalue weighted by atomic mass is 35.5. The SMILES string of the molecule is COc1ccc(C(=O)N[C@@H](C)c2cc(Nc3ccc(Cl)cc3)nc(N3CCOCC3)n2)nc1. The van der Waals surface area contributed by atoms with Crippen molar-refractivity contribution in [3.05, 3.63) is 65.1 Å². The van der Waals surface area contributed by atoms with Crippen LogP contribution in [0.3, 0.4) is 0 Å². The van der Waals surface area contributed by atoms with Gasteiger partial charge in [-0.25, -0.2) is 9.97 Å². The van der Waals surface area contributed by atoms with E-state index < -0.39 is 0 Å². The van der Waals surface area contributed by atoms with E-state index in [9.17, 15) is 4.79 Å². The number of rotatable bonds is 7. The van der Waals surface area contributed by atoms with Gasteiger partial charge in [0.1, 0.15) is 17.3 Å². The molecule has 1 aromatic carbocycles. The van der Waals surface area contributed by atoms with Crippen LogP contribution < -0.4 is 20.3 Å². The highest BCUT2D eigenvalue weighted by molar-refractivity contribution is 6.30. The van der Waals surface area contributed by atoms with E-state index in [0.717, 1.165) is 5.69 Å². The topological polar surface area (TPSA) is 102 Å². The summed E-state index contributed by atoms with van der Waals surface area (Å²) in [6, 6.07) is 12.1. The summed E-state index contributed by atoms with van der Waals surface area (Å²) in [6.07, 6.45) is 1.51. The van der Waals surface area contributed by atoms with Gasteiger partial charge in [-0.2, -0.15) is 4.98 Å². The van der Waals surface area contributed by atoms with Gasteiger partial charge in [0.2, 0.25) is 5.95 Å². The Hall–Kier alpha value is -3.43. The number of ether oxygens (including phenoxy) is 2. The Bertz CT molecular complexity index is 1090. The van der Waals surface area contributed by atoms with Crippen LogP contribution in [0, 0.1) is 0 Å². The molecule has 1 fully saturated rings. The summed E-state index contributed by atoms with van der Waals surface area (Å²) in [5.41, 5.74) is 1.81. The normalized spacial score (nSPS) is 14.5. The first kappa shape index (κ1) is 22.8. The molecule has 3 aromatic rings. The highest BCUT2D eigenvalue weighted by Crippen LogP contribution is 2.24. The van der Waals surface area contributed by atoms with Crippen LogP contribution >= 0.6 is 11.6 Å². The van der Waals surface area contributed by atoms with Gasteiger partial charge in [-0.1, -0.05) is 11.6 Å². The Morgan fingerprint density at radius 2 is 1.91 bits per heavy atom.